The highest BCUT2D eigenvalue weighted by atomic mass is 31.2. The number of carbonyl (C=O) groups is 3. The number of phosphoric ester groups is 1. The van der Waals surface area contributed by atoms with Crippen molar-refractivity contribution in [1.29, 1.82) is 0 Å². The predicted molar refractivity (Wildman–Crippen MR) is 221 cm³/mol. The summed E-state index contributed by atoms with van der Waals surface area (Å²) < 4.78 is 32.6. The zero-order valence-corrected chi connectivity index (χ0v) is 34.9. The average molecular weight is 796 g/mol. The summed E-state index contributed by atoms with van der Waals surface area (Å²) in [5.41, 5.74) is 5.32. The topological polar surface area (TPSA) is 172 Å². The van der Waals surface area contributed by atoms with Gasteiger partial charge in [-0.1, -0.05) is 132 Å². The van der Waals surface area contributed by atoms with Gasteiger partial charge in [0.25, 0.3) is 0 Å². The Balaban J connectivity index is 4.47. The van der Waals surface area contributed by atoms with Crippen molar-refractivity contribution in [1.82, 2.24) is 0 Å². The number of nitrogens with two attached hydrogens (primary N) is 1. The van der Waals surface area contributed by atoms with Gasteiger partial charge < -0.3 is 25.2 Å². The van der Waals surface area contributed by atoms with Gasteiger partial charge in [-0.05, 0) is 77.0 Å². The van der Waals surface area contributed by atoms with Crippen molar-refractivity contribution in [2.45, 2.75) is 174 Å². The number of carboxylic acids is 1. The second-order valence-electron chi connectivity index (χ2n) is 13.8. The second-order valence-corrected chi connectivity index (χ2v) is 15.2. The quantitative estimate of drug-likeness (QED) is 0.0235. The summed E-state index contributed by atoms with van der Waals surface area (Å²) in [6.45, 7) is 2.68. The number of rotatable bonds is 38. The van der Waals surface area contributed by atoms with Crippen molar-refractivity contribution in [3.05, 3.63) is 60.8 Å². The minimum atomic E-state index is -4.73. The maximum atomic E-state index is 12.6. The Labute approximate surface area is 332 Å². The number of hydrogen-bond donors (Lipinski definition) is 3. The third-order valence-electron chi connectivity index (χ3n) is 8.49. The Hall–Kier alpha value is -2.82. The fourth-order valence-corrected chi connectivity index (χ4v) is 5.92. The number of phosphoric acid groups is 1. The van der Waals surface area contributed by atoms with Gasteiger partial charge in [-0.25, -0.2) is 4.57 Å². The third-order valence-corrected chi connectivity index (χ3v) is 9.44. The Kier molecular flexibility index (Phi) is 36.1. The van der Waals surface area contributed by atoms with Crippen LogP contribution in [0.2, 0.25) is 0 Å². The van der Waals surface area contributed by atoms with Gasteiger partial charge in [0.1, 0.15) is 12.6 Å². The first-order valence-electron chi connectivity index (χ1n) is 20.8. The number of esters is 2. The molecular weight excluding hydrogens is 721 g/mol. The fourth-order valence-electron chi connectivity index (χ4n) is 5.14. The van der Waals surface area contributed by atoms with E-state index in [9.17, 15) is 23.8 Å². The smallest absolute Gasteiger partial charge is 0.472 e. The van der Waals surface area contributed by atoms with E-state index < -0.39 is 51.1 Å². The highest BCUT2D eigenvalue weighted by Gasteiger charge is 2.28. The van der Waals surface area contributed by atoms with Crippen molar-refractivity contribution in [3.8, 4) is 0 Å². The molecule has 316 valence electrons. The molecule has 0 radical (unpaired) electrons. The molecule has 4 N–H and O–H groups in total. The van der Waals surface area contributed by atoms with Crippen LogP contribution in [-0.2, 0) is 37.5 Å². The van der Waals surface area contributed by atoms with Gasteiger partial charge in [0, 0.05) is 12.8 Å². The van der Waals surface area contributed by atoms with Gasteiger partial charge >= 0.3 is 25.7 Å². The van der Waals surface area contributed by atoms with Gasteiger partial charge in [-0.3, -0.25) is 23.4 Å². The van der Waals surface area contributed by atoms with Crippen LogP contribution in [0.3, 0.4) is 0 Å². The molecule has 12 heteroatoms. The highest BCUT2D eigenvalue weighted by Crippen LogP contribution is 2.43. The number of carbonyl (C=O) groups excluding carboxylic acids is 2. The van der Waals surface area contributed by atoms with Crippen molar-refractivity contribution in [3.63, 3.8) is 0 Å². The molecule has 0 aliphatic heterocycles. The fraction of sp³-hybridized carbons (Fsp3) is 0.698. The number of aliphatic carboxylic acids is 1. The molecule has 11 nitrogen and oxygen atoms in total. The number of unbranched alkanes of at least 4 members (excludes halogenated alkanes) is 14. The lowest BCUT2D eigenvalue weighted by molar-refractivity contribution is -0.161. The lowest BCUT2D eigenvalue weighted by Gasteiger charge is -2.20. The van der Waals surface area contributed by atoms with E-state index in [2.05, 4.69) is 79.1 Å². The molecule has 0 saturated carbocycles. The Morgan fingerprint density at radius 1 is 0.564 bits per heavy atom. The van der Waals surface area contributed by atoms with E-state index in [-0.39, 0.29) is 19.4 Å². The molecule has 0 spiro atoms. The maximum absolute atomic E-state index is 12.6. The van der Waals surface area contributed by atoms with E-state index in [4.69, 9.17) is 24.8 Å². The molecule has 0 bridgehead atoms. The SMILES string of the molecule is CCCC/C=C/C/C=C/CCCCCCCC(=O)OC[C@H](COP(=O)(O)OC[C@H](N)C(=O)O)OC(=O)CCCCCC/C=C/C/C=C/C/C=C/CCCCC. The Morgan fingerprint density at radius 3 is 1.49 bits per heavy atom. The summed E-state index contributed by atoms with van der Waals surface area (Å²) >= 11 is 0. The van der Waals surface area contributed by atoms with Gasteiger partial charge in [0.15, 0.2) is 6.10 Å². The summed E-state index contributed by atoms with van der Waals surface area (Å²) in [7, 11) is -4.73. The monoisotopic (exact) mass is 796 g/mol. The average Bonchev–Trinajstić information content (AvgIpc) is 3.16. The van der Waals surface area contributed by atoms with Crippen LogP contribution < -0.4 is 5.73 Å². The number of ether oxygens (including phenoxy) is 2. The molecule has 0 aliphatic carbocycles. The zero-order valence-electron chi connectivity index (χ0n) is 34.0. The lowest BCUT2D eigenvalue weighted by Crippen LogP contribution is -2.34. The maximum Gasteiger partial charge on any atom is 0.472 e. The molecule has 55 heavy (non-hydrogen) atoms. The second kappa shape index (κ2) is 38.1. The summed E-state index contributed by atoms with van der Waals surface area (Å²) in [5.74, 6) is -2.43. The van der Waals surface area contributed by atoms with Gasteiger partial charge in [-0.15, -0.1) is 0 Å². The normalized spacial score (nSPS) is 14.4. The molecule has 0 rings (SSSR count). The largest absolute Gasteiger partial charge is 0.480 e. The molecule has 0 heterocycles. The number of hydrogen-bond acceptors (Lipinski definition) is 9. The zero-order chi connectivity index (χ0) is 40.7. The van der Waals surface area contributed by atoms with E-state index in [0.717, 1.165) is 89.9 Å². The van der Waals surface area contributed by atoms with Crippen LogP contribution in [0, 0.1) is 0 Å². The van der Waals surface area contributed by atoms with Crippen molar-refractivity contribution in [2.75, 3.05) is 19.8 Å². The van der Waals surface area contributed by atoms with Crippen molar-refractivity contribution >= 4 is 25.7 Å². The minimum absolute atomic E-state index is 0.130. The van der Waals surface area contributed by atoms with Crippen LogP contribution in [0.5, 0.6) is 0 Å². The van der Waals surface area contributed by atoms with E-state index in [1.165, 1.54) is 32.1 Å². The van der Waals surface area contributed by atoms with Gasteiger partial charge in [0.2, 0.25) is 0 Å². The highest BCUT2D eigenvalue weighted by molar-refractivity contribution is 7.47. The molecule has 0 amide bonds. The summed E-state index contributed by atoms with van der Waals surface area (Å²) in [5, 5.41) is 8.88. The van der Waals surface area contributed by atoms with Crippen LogP contribution in [0.1, 0.15) is 162 Å². The molecule has 3 atom stereocenters. The summed E-state index contributed by atoms with van der Waals surface area (Å²) in [4.78, 5) is 45.9. The molecule has 0 fully saturated rings. The van der Waals surface area contributed by atoms with Crippen LogP contribution in [-0.4, -0.2) is 59.9 Å². The molecular formula is C43H74NO10P. The third kappa shape index (κ3) is 37.9. The first-order valence-corrected chi connectivity index (χ1v) is 22.3. The summed E-state index contributed by atoms with van der Waals surface area (Å²) in [6.07, 6.45) is 42.8. The molecule has 0 aliphatic rings. The van der Waals surface area contributed by atoms with Crippen LogP contribution in [0.25, 0.3) is 0 Å². The van der Waals surface area contributed by atoms with Crippen LogP contribution >= 0.6 is 7.82 Å². The Morgan fingerprint density at radius 2 is 0.982 bits per heavy atom. The van der Waals surface area contributed by atoms with Gasteiger partial charge in [-0.2, -0.15) is 0 Å². The van der Waals surface area contributed by atoms with E-state index in [0.29, 0.717) is 12.8 Å². The first-order chi connectivity index (χ1) is 26.6. The van der Waals surface area contributed by atoms with E-state index in [1.54, 1.807) is 0 Å². The van der Waals surface area contributed by atoms with E-state index in [1.807, 2.05) is 0 Å². The Bertz CT molecular complexity index is 1170. The molecule has 0 aromatic carbocycles. The van der Waals surface area contributed by atoms with Crippen LogP contribution in [0.15, 0.2) is 60.8 Å². The van der Waals surface area contributed by atoms with Crippen molar-refractivity contribution in [2.24, 2.45) is 5.73 Å². The van der Waals surface area contributed by atoms with E-state index >= 15 is 0 Å². The number of carboxylic acid groups (broad SMARTS) is 1. The predicted octanol–water partition coefficient (Wildman–Crippen LogP) is 10.8. The van der Waals surface area contributed by atoms with Crippen LogP contribution in [0.4, 0.5) is 0 Å². The standard InChI is InChI=1S/C43H74NO10P/c1-3-5-7-9-11-13-15-17-19-20-21-23-25-27-29-31-33-35-42(46)54-39(37-52-55(49,50)53-38-40(44)43(47)48)36-51-41(45)34-32-30-28-26-24-22-18-16-14-12-10-8-6-4-2/h10-13,16-19,21,23,39-40H,3-9,14-15,20,22,24-38,44H2,1-2H3,(H,47,48)(H,49,50)/b12-10+,13-11+,18-16+,19-17+,23-21+/t39-,40+/m1/s1. The molecule has 0 aromatic rings. The molecule has 0 aromatic heterocycles. The van der Waals surface area contributed by atoms with Gasteiger partial charge in [0.05, 0.1) is 13.2 Å². The lowest BCUT2D eigenvalue weighted by atomic mass is 10.1. The molecule has 1 unspecified atom stereocenters. The summed E-state index contributed by atoms with van der Waals surface area (Å²) in [6, 6.07) is -1.53. The minimum Gasteiger partial charge on any atom is -0.480 e. The molecule has 0 saturated heterocycles. The first kappa shape index (κ1) is 52.2. The van der Waals surface area contributed by atoms with Crippen molar-refractivity contribution < 1.29 is 47.5 Å². The number of allylic oxidation sites excluding steroid dienone is 10.